The molecule has 28 heavy (non-hydrogen) atoms. The zero-order valence-corrected chi connectivity index (χ0v) is 17.1. The lowest BCUT2D eigenvalue weighted by Crippen LogP contribution is -2.44. The molecule has 0 saturated heterocycles. The predicted molar refractivity (Wildman–Crippen MR) is 107 cm³/mol. The van der Waals surface area contributed by atoms with Crippen molar-refractivity contribution in [2.75, 3.05) is 13.2 Å². The topological polar surface area (TPSA) is 80.3 Å². The Balaban J connectivity index is 1.93. The summed E-state index contributed by atoms with van der Waals surface area (Å²) in [6.07, 6.45) is 0.544. The molecule has 8 heteroatoms. The van der Waals surface area contributed by atoms with Crippen molar-refractivity contribution in [2.45, 2.75) is 39.7 Å². The molecule has 1 unspecified atom stereocenters. The van der Waals surface area contributed by atoms with E-state index in [0.29, 0.717) is 29.3 Å². The fraction of sp³-hybridized carbons (Fsp3) is 0.450. The van der Waals surface area contributed by atoms with Crippen molar-refractivity contribution in [3.05, 3.63) is 51.7 Å². The third kappa shape index (κ3) is 6.92. The van der Waals surface area contributed by atoms with Gasteiger partial charge in [0.2, 0.25) is 0 Å². The Labute approximate surface area is 168 Å². The second-order valence-electron chi connectivity index (χ2n) is 6.80. The summed E-state index contributed by atoms with van der Waals surface area (Å²) >= 11 is 1.32. The number of halogens is 1. The number of alkyl carbamates (subject to hydrolysis) is 1. The lowest BCUT2D eigenvalue weighted by atomic mass is 10.0. The van der Waals surface area contributed by atoms with Gasteiger partial charge in [0.1, 0.15) is 11.5 Å². The number of amides is 2. The van der Waals surface area contributed by atoms with Crippen LogP contribution in [0.1, 0.15) is 48.3 Å². The Morgan fingerprint density at radius 1 is 1.29 bits per heavy atom. The van der Waals surface area contributed by atoms with E-state index in [2.05, 4.69) is 15.6 Å². The average Bonchev–Trinajstić information content (AvgIpc) is 3.10. The molecule has 1 aromatic heterocycles. The highest BCUT2D eigenvalue weighted by Crippen LogP contribution is 2.17. The molecule has 2 N–H and O–H groups in total. The van der Waals surface area contributed by atoms with Crippen LogP contribution in [-0.4, -0.2) is 36.2 Å². The number of nitrogens with zero attached hydrogens (tertiary/aromatic N) is 1. The van der Waals surface area contributed by atoms with E-state index in [9.17, 15) is 14.0 Å². The van der Waals surface area contributed by atoms with Crippen molar-refractivity contribution in [1.29, 1.82) is 0 Å². The quantitative estimate of drug-likeness (QED) is 0.663. The van der Waals surface area contributed by atoms with Crippen LogP contribution in [0.25, 0.3) is 0 Å². The molecule has 2 amide bonds. The van der Waals surface area contributed by atoms with E-state index in [4.69, 9.17) is 4.74 Å². The molecular formula is C20H26FN3O3S. The zero-order valence-electron chi connectivity index (χ0n) is 16.3. The van der Waals surface area contributed by atoms with Crippen LogP contribution >= 0.6 is 11.3 Å². The first-order valence-corrected chi connectivity index (χ1v) is 10.2. The van der Waals surface area contributed by atoms with Gasteiger partial charge < -0.3 is 15.4 Å². The Hall–Kier alpha value is -2.48. The first kappa shape index (κ1) is 21.8. The average molecular weight is 408 g/mol. The lowest BCUT2D eigenvalue weighted by molar-refractivity contribution is 0.0940. The molecule has 0 aliphatic carbocycles. The smallest absolute Gasteiger partial charge is 0.407 e. The van der Waals surface area contributed by atoms with Gasteiger partial charge in [-0.1, -0.05) is 32.0 Å². The van der Waals surface area contributed by atoms with E-state index in [1.807, 2.05) is 13.8 Å². The van der Waals surface area contributed by atoms with E-state index in [0.717, 1.165) is 0 Å². The number of benzene rings is 1. The molecule has 1 atom stereocenters. The van der Waals surface area contributed by atoms with Crippen LogP contribution in [0.3, 0.4) is 0 Å². The number of rotatable bonds is 9. The summed E-state index contributed by atoms with van der Waals surface area (Å²) in [7, 11) is 0. The highest BCUT2D eigenvalue weighted by Gasteiger charge is 2.18. The predicted octanol–water partition coefficient (Wildman–Crippen LogP) is 3.76. The Kier molecular flexibility index (Phi) is 8.38. The number of carbonyl (C=O) groups is 2. The molecule has 152 valence electrons. The summed E-state index contributed by atoms with van der Waals surface area (Å²) in [6, 6.07) is 6.28. The third-order valence-corrected chi connectivity index (χ3v) is 4.80. The second kappa shape index (κ2) is 10.8. The minimum atomic E-state index is -0.497. The van der Waals surface area contributed by atoms with Crippen LogP contribution < -0.4 is 10.6 Å². The van der Waals surface area contributed by atoms with Crippen molar-refractivity contribution in [3.8, 4) is 0 Å². The third-order valence-electron chi connectivity index (χ3n) is 3.95. The van der Waals surface area contributed by atoms with Gasteiger partial charge in [0.15, 0.2) is 0 Å². The summed E-state index contributed by atoms with van der Waals surface area (Å²) in [5.41, 5.74) is 0.829. The number of thiazole rings is 1. The molecule has 1 heterocycles. The van der Waals surface area contributed by atoms with Crippen molar-refractivity contribution < 1.29 is 18.7 Å². The molecule has 6 nitrogen and oxygen atoms in total. The highest BCUT2D eigenvalue weighted by atomic mass is 32.1. The molecular weight excluding hydrogens is 381 g/mol. The monoisotopic (exact) mass is 407 g/mol. The van der Waals surface area contributed by atoms with Crippen LogP contribution in [-0.2, 0) is 11.2 Å². The molecule has 0 bridgehead atoms. The minimum absolute atomic E-state index is 0.237. The van der Waals surface area contributed by atoms with Gasteiger partial charge in [-0.3, -0.25) is 4.79 Å². The van der Waals surface area contributed by atoms with Gasteiger partial charge in [0, 0.05) is 24.4 Å². The number of hydrogen-bond acceptors (Lipinski definition) is 5. The summed E-state index contributed by atoms with van der Waals surface area (Å²) in [5, 5.41) is 7.89. The van der Waals surface area contributed by atoms with E-state index in [-0.39, 0.29) is 36.6 Å². The maximum Gasteiger partial charge on any atom is 0.407 e. The van der Waals surface area contributed by atoms with Crippen LogP contribution in [0.4, 0.5) is 9.18 Å². The first-order chi connectivity index (χ1) is 13.4. The summed E-state index contributed by atoms with van der Waals surface area (Å²) in [6.45, 7) is 6.38. The molecule has 2 aromatic rings. The fourth-order valence-corrected chi connectivity index (χ4v) is 3.51. The van der Waals surface area contributed by atoms with Crippen LogP contribution in [0.15, 0.2) is 29.6 Å². The van der Waals surface area contributed by atoms with Crippen molar-refractivity contribution in [3.63, 3.8) is 0 Å². The fourth-order valence-electron chi connectivity index (χ4n) is 2.71. The van der Waals surface area contributed by atoms with Gasteiger partial charge in [-0.2, -0.15) is 0 Å². The van der Waals surface area contributed by atoms with Crippen LogP contribution in [0.5, 0.6) is 0 Å². The SMILES string of the molecule is CCOC(=O)NC(CNC(=O)c1csc(Cc2ccccc2F)n1)CC(C)C. The van der Waals surface area contributed by atoms with Gasteiger partial charge >= 0.3 is 6.09 Å². The number of carbonyl (C=O) groups excluding carboxylic acids is 2. The summed E-state index contributed by atoms with van der Waals surface area (Å²) in [5.74, 6) is -0.267. The normalized spacial score (nSPS) is 11.9. The summed E-state index contributed by atoms with van der Waals surface area (Å²) in [4.78, 5) is 28.4. The molecule has 0 aliphatic rings. The number of hydrogen-bond donors (Lipinski definition) is 2. The number of ether oxygens (including phenoxy) is 1. The van der Waals surface area contributed by atoms with Gasteiger partial charge in [-0.05, 0) is 30.9 Å². The molecule has 0 spiro atoms. The molecule has 0 fully saturated rings. The highest BCUT2D eigenvalue weighted by molar-refractivity contribution is 7.09. The van der Waals surface area contributed by atoms with E-state index >= 15 is 0 Å². The number of aromatic nitrogens is 1. The van der Waals surface area contributed by atoms with Gasteiger partial charge in [0.25, 0.3) is 5.91 Å². The van der Waals surface area contributed by atoms with Crippen LogP contribution in [0, 0.1) is 11.7 Å². The Morgan fingerprint density at radius 2 is 2.04 bits per heavy atom. The van der Waals surface area contributed by atoms with Crippen molar-refractivity contribution in [1.82, 2.24) is 15.6 Å². The molecule has 1 aromatic carbocycles. The molecule has 0 saturated carbocycles. The van der Waals surface area contributed by atoms with Crippen molar-refractivity contribution >= 4 is 23.3 Å². The largest absolute Gasteiger partial charge is 0.450 e. The van der Waals surface area contributed by atoms with Gasteiger partial charge in [-0.25, -0.2) is 14.2 Å². The van der Waals surface area contributed by atoms with Gasteiger partial charge in [0.05, 0.1) is 11.6 Å². The molecule has 0 radical (unpaired) electrons. The Morgan fingerprint density at radius 3 is 2.71 bits per heavy atom. The number of nitrogens with one attached hydrogen (secondary N) is 2. The second-order valence-corrected chi connectivity index (χ2v) is 7.74. The van der Waals surface area contributed by atoms with E-state index < -0.39 is 6.09 Å². The lowest BCUT2D eigenvalue weighted by Gasteiger charge is -2.20. The van der Waals surface area contributed by atoms with Crippen molar-refractivity contribution in [2.24, 2.45) is 5.92 Å². The summed E-state index contributed by atoms with van der Waals surface area (Å²) < 4.78 is 18.7. The first-order valence-electron chi connectivity index (χ1n) is 9.28. The van der Waals surface area contributed by atoms with Crippen LogP contribution in [0.2, 0.25) is 0 Å². The maximum absolute atomic E-state index is 13.8. The molecule has 2 rings (SSSR count). The van der Waals surface area contributed by atoms with E-state index in [1.165, 1.54) is 17.4 Å². The Bertz CT molecular complexity index is 795. The standard InChI is InChI=1S/C20H26FN3O3S/c1-4-27-20(26)23-15(9-13(2)3)11-22-19(25)17-12-28-18(24-17)10-14-7-5-6-8-16(14)21/h5-8,12-13,15H,4,9-11H2,1-3H3,(H,22,25)(H,23,26). The van der Waals surface area contributed by atoms with E-state index in [1.54, 1.807) is 30.5 Å². The molecule has 0 aliphatic heterocycles. The zero-order chi connectivity index (χ0) is 20.5. The van der Waals surface area contributed by atoms with Gasteiger partial charge in [-0.15, -0.1) is 11.3 Å². The minimum Gasteiger partial charge on any atom is -0.450 e. The maximum atomic E-state index is 13.8.